The smallest absolute Gasteiger partial charge is 0.212 e. The molecule has 0 aromatic carbocycles. The summed E-state index contributed by atoms with van der Waals surface area (Å²) in [7, 11) is 0. The van der Waals surface area contributed by atoms with E-state index in [4.69, 9.17) is 0 Å². The highest BCUT2D eigenvalue weighted by molar-refractivity contribution is 5.61. The first-order valence-electron chi connectivity index (χ1n) is 5.84. The molecule has 3 heteroatoms. The maximum absolute atomic E-state index is 12.6. The molecule has 0 saturated carbocycles. The van der Waals surface area contributed by atoms with E-state index in [1.807, 2.05) is 0 Å². The first-order chi connectivity index (χ1) is 7.77. The largest absolute Gasteiger partial charge is 0.303 e. The molecule has 0 aliphatic rings. The van der Waals surface area contributed by atoms with Gasteiger partial charge in [0, 0.05) is 12.1 Å². The van der Waals surface area contributed by atoms with Gasteiger partial charge >= 0.3 is 0 Å². The number of pyridine rings is 1. The summed E-state index contributed by atoms with van der Waals surface area (Å²) < 4.78 is 12.6. The van der Waals surface area contributed by atoms with Crippen LogP contribution in [0, 0.1) is 5.95 Å². The monoisotopic (exact) mass is 223 g/mol. The Morgan fingerprint density at radius 3 is 2.75 bits per heavy atom. The third-order valence-electron chi connectivity index (χ3n) is 2.71. The zero-order valence-corrected chi connectivity index (χ0v) is 9.66. The second-order valence-corrected chi connectivity index (χ2v) is 4.01. The van der Waals surface area contributed by atoms with E-state index >= 15 is 0 Å². The molecule has 0 fully saturated rings. The Hall–Kier alpha value is -1.25. The average Bonchev–Trinajstić information content (AvgIpc) is 2.31. The molecule has 0 aliphatic carbocycles. The van der Waals surface area contributed by atoms with Gasteiger partial charge in [0.15, 0.2) is 0 Å². The Bertz CT molecular complexity index is 310. The second kappa shape index (κ2) is 7.09. The molecule has 1 atom stereocenters. The van der Waals surface area contributed by atoms with Gasteiger partial charge in [0.1, 0.15) is 6.29 Å². The van der Waals surface area contributed by atoms with Gasteiger partial charge in [-0.25, -0.2) is 4.98 Å². The molecule has 0 aliphatic heterocycles. The molecule has 2 nitrogen and oxygen atoms in total. The Balaban J connectivity index is 2.47. The number of aldehydes is 1. The lowest BCUT2D eigenvalue weighted by Gasteiger charge is -2.09. The Morgan fingerprint density at radius 2 is 2.19 bits per heavy atom. The van der Waals surface area contributed by atoms with E-state index in [-0.39, 0.29) is 5.92 Å². The fourth-order valence-corrected chi connectivity index (χ4v) is 1.71. The van der Waals surface area contributed by atoms with Crippen molar-refractivity contribution in [3.8, 4) is 0 Å². The molecule has 0 N–H and O–H groups in total. The van der Waals surface area contributed by atoms with Crippen molar-refractivity contribution in [1.82, 2.24) is 4.98 Å². The van der Waals surface area contributed by atoms with Crippen LogP contribution in [0.1, 0.15) is 50.5 Å². The average molecular weight is 223 g/mol. The molecular formula is C13H18FNO. The van der Waals surface area contributed by atoms with Gasteiger partial charge in [0.05, 0.1) is 0 Å². The van der Waals surface area contributed by atoms with Crippen molar-refractivity contribution in [2.45, 2.75) is 44.9 Å². The number of hydrogen-bond donors (Lipinski definition) is 0. The van der Waals surface area contributed by atoms with Gasteiger partial charge in [-0.05, 0) is 18.1 Å². The van der Waals surface area contributed by atoms with Gasteiger partial charge in [0.2, 0.25) is 5.95 Å². The van der Waals surface area contributed by atoms with E-state index < -0.39 is 5.95 Å². The maximum Gasteiger partial charge on any atom is 0.212 e. The van der Waals surface area contributed by atoms with Crippen LogP contribution in [0.3, 0.4) is 0 Å². The summed E-state index contributed by atoms with van der Waals surface area (Å²) in [5, 5.41) is 0. The number of hydrogen-bond acceptors (Lipinski definition) is 2. The molecule has 0 bridgehead atoms. The summed E-state index contributed by atoms with van der Waals surface area (Å²) in [5.74, 6) is -0.635. The topological polar surface area (TPSA) is 30.0 Å². The molecular weight excluding hydrogens is 205 g/mol. The van der Waals surface area contributed by atoms with Gasteiger partial charge in [-0.2, -0.15) is 4.39 Å². The second-order valence-electron chi connectivity index (χ2n) is 4.01. The van der Waals surface area contributed by atoms with Gasteiger partial charge in [-0.3, -0.25) is 0 Å². The molecule has 0 spiro atoms. The third kappa shape index (κ3) is 4.09. The lowest BCUT2D eigenvalue weighted by atomic mass is 9.96. The standard InChI is InChI=1S/C13H18FNO/c1-2-3-4-5-6-12(10-16)11-7-8-13(14)15-9-11/h7-10,12H,2-6H2,1H3/t12-/m1/s1. The van der Waals surface area contributed by atoms with Crippen molar-refractivity contribution in [1.29, 1.82) is 0 Å². The quantitative estimate of drug-likeness (QED) is 0.402. The number of halogens is 1. The van der Waals surface area contributed by atoms with Gasteiger partial charge in [-0.1, -0.05) is 38.7 Å². The number of rotatable bonds is 7. The van der Waals surface area contributed by atoms with Crippen LogP contribution in [0.15, 0.2) is 18.3 Å². The van der Waals surface area contributed by atoms with Crippen LogP contribution in [-0.4, -0.2) is 11.3 Å². The van der Waals surface area contributed by atoms with E-state index in [2.05, 4.69) is 11.9 Å². The highest BCUT2D eigenvalue weighted by Gasteiger charge is 2.10. The summed E-state index contributed by atoms with van der Waals surface area (Å²) in [4.78, 5) is 14.5. The van der Waals surface area contributed by atoms with Crippen molar-refractivity contribution in [3.05, 3.63) is 29.8 Å². The number of aromatic nitrogens is 1. The molecule has 0 amide bonds. The van der Waals surface area contributed by atoms with Crippen LogP contribution in [0.25, 0.3) is 0 Å². The van der Waals surface area contributed by atoms with Crippen molar-refractivity contribution in [2.75, 3.05) is 0 Å². The maximum atomic E-state index is 12.6. The zero-order valence-electron chi connectivity index (χ0n) is 9.66. The summed E-state index contributed by atoms with van der Waals surface area (Å²) in [6.07, 6.45) is 7.78. The Kier molecular flexibility index (Phi) is 5.68. The fraction of sp³-hybridized carbons (Fsp3) is 0.538. The molecule has 16 heavy (non-hydrogen) atoms. The SMILES string of the molecule is CCCCCC[C@H](C=O)c1ccc(F)nc1. The van der Waals surface area contributed by atoms with E-state index in [9.17, 15) is 9.18 Å². The Labute approximate surface area is 95.9 Å². The minimum atomic E-state index is -0.501. The predicted molar refractivity (Wildman–Crippen MR) is 61.8 cm³/mol. The van der Waals surface area contributed by atoms with Gasteiger partial charge in [0.25, 0.3) is 0 Å². The molecule has 0 radical (unpaired) electrons. The van der Waals surface area contributed by atoms with E-state index in [1.54, 1.807) is 6.07 Å². The van der Waals surface area contributed by atoms with Gasteiger partial charge < -0.3 is 4.79 Å². The van der Waals surface area contributed by atoms with E-state index in [0.29, 0.717) is 0 Å². The first-order valence-corrected chi connectivity index (χ1v) is 5.84. The third-order valence-corrected chi connectivity index (χ3v) is 2.71. The number of unbranched alkanes of at least 4 members (excludes halogenated alkanes) is 3. The van der Waals surface area contributed by atoms with Crippen molar-refractivity contribution in [2.24, 2.45) is 0 Å². The van der Waals surface area contributed by atoms with Gasteiger partial charge in [-0.15, -0.1) is 0 Å². The Morgan fingerprint density at radius 1 is 1.38 bits per heavy atom. The van der Waals surface area contributed by atoms with Crippen molar-refractivity contribution >= 4 is 6.29 Å². The van der Waals surface area contributed by atoms with Crippen LogP contribution in [0.5, 0.6) is 0 Å². The summed E-state index contributed by atoms with van der Waals surface area (Å²) in [5.41, 5.74) is 0.813. The number of carbonyl (C=O) groups excluding carboxylic acids is 1. The van der Waals surface area contributed by atoms with Crippen LogP contribution in [0.4, 0.5) is 4.39 Å². The van der Waals surface area contributed by atoms with Crippen LogP contribution < -0.4 is 0 Å². The summed E-state index contributed by atoms with van der Waals surface area (Å²) >= 11 is 0. The molecule has 0 unspecified atom stereocenters. The molecule has 1 heterocycles. The highest BCUT2D eigenvalue weighted by atomic mass is 19.1. The molecule has 1 aromatic heterocycles. The molecule has 1 rings (SSSR count). The highest BCUT2D eigenvalue weighted by Crippen LogP contribution is 2.20. The normalized spacial score (nSPS) is 12.4. The minimum absolute atomic E-state index is 0.134. The number of nitrogens with zero attached hydrogens (tertiary/aromatic N) is 1. The van der Waals surface area contributed by atoms with Crippen molar-refractivity contribution < 1.29 is 9.18 Å². The van der Waals surface area contributed by atoms with Crippen LogP contribution >= 0.6 is 0 Å². The summed E-state index contributed by atoms with van der Waals surface area (Å²) in [6.45, 7) is 2.15. The molecule has 0 saturated heterocycles. The summed E-state index contributed by atoms with van der Waals surface area (Å²) in [6, 6.07) is 2.94. The minimum Gasteiger partial charge on any atom is -0.303 e. The molecule has 1 aromatic rings. The van der Waals surface area contributed by atoms with E-state index in [1.165, 1.54) is 25.1 Å². The molecule has 88 valence electrons. The van der Waals surface area contributed by atoms with Crippen molar-refractivity contribution in [3.63, 3.8) is 0 Å². The van der Waals surface area contributed by atoms with Crippen LogP contribution in [0.2, 0.25) is 0 Å². The lowest BCUT2D eigenvalue weighted by Crippen LogP contribution is -2.01. The number of carbonyl (C=O) groups is 1. The lowest BCUT2D eigenvalue weighted by molar-refractivity contribution is -0.109. The van der Waals surface area contributed by atoms with E-state index in [0.717, 1.165) is 31.1 Å². The first kappa shape index (κ1) is 12.8. The zero-order chi connectivity index (χ0) is 11.8. The predicted octanol–water partition coefficient (Wildman–Crippen LogP) is 3.47. The fourth-order valence-electron chi connectivity index (χ4n) is 1.71. The van der Waals surface area contributed by atoms with Crippen LogP contribution in [-0.2, 0) is 4.79 Å².